The average Bonchev–Trinajstić information content (AvgIpc) is 2.74. The molecule has 0 saturated heterocycles. The first kappa shape index (κ1) is 19.9. The third-order valence-electron chi connectivity index (χ3n) is 6.20. The van der Waals surface area contributed by atoms with E-state index >= 15 is 0 Å². The maximum absolute atomic E-state index is 13.8. The quantitative estimate of drug-likeness (QED) is 0.504. The summed E-state index contributed by atoms with van der Waals surface area (Å²) in [6.45, 7) is 2.02. The van der Waals surface area contributed by atoms with Gasteiger partial charge in [0.15, 0.2) is 0 Å². The molecule has 1 aromatic heterocycles. The van der Waals surface area contributed by atoms with Crippen LogP contribution in [0.2, 0.25) is 0 Å². The van der Waals surface area contributed by atoms with Crippen LogP contribution in [0.5, 0.6) is 0 Å². The maximum Gasteiger partial charge on any atom is 0.227 e. The highest BCUT2D eigenvalue weighted by atomic mass is 32.1. The predicted molar refractivity (Wildman–Crippen MR) is 118 cm³/mol. The molecule has 2 aromatic carbocycles. The highest BCUT2D eigenvalue weighted by Crippen LogP contribution is 2.41. The molecule has 150 valence electrons. The van der Waals surface area contributed by atoms with Crippen molar-refractivity contribution in [2.24, 2.45) is 11.8 Å². The number of carbonyl (C=O) groups is 1. The molecule has 1 aliphatic rings. The fourth-order valence-corrected chi connectivity index (χ4v) is 4.59. The number of carbonyl (C=O) groups excluding carboxylic acids is 1. The number of pyridine rings is 1. The van der Waals surface area contributed by atoms with Gasteiger partial charge in [0.1, 0.15) is 5.82 Å². The molecule has 4 rings (SSSR count). The second kappa shape index (κ2) is 8.54. The average molecular weight is 409 g/mol. The SMILES string of the molecule is C[C@@H](C(=O)Nc1ccc(S)cc1)[C@H]1CC[C@H](c2ccnc3ccc(F)cc32)CC1. The Bertz CT molecular complexity index is 1010. The second-order valence-electron chi connectivity index (χ2n) is 8.00. The third-order valence-corrected chi connectivity index (χ3v) is 6.50. The molecular formula is C24H25FN2OS. The molecule has 0 spiro atoms. The van der Waals surface area contributed by atoms with Gasteiger partial charge in [0.2, 0.25) is 5.91 Å². The summed E-state index contributed by atoms with van der Waals surface area (Å²) in [6, 6.07) is 14.3. The van der Waals surface area contributed by atoms with Crippen LogP contribution in [0.15, 0.2) is 59.6 Å². The molecule has 1 amide bonds. The minimum atomic E-state index is -0.225. The zero-order chi connectivity index (χ0) is 20.4. The van der Waals surface area contributed by atoms with Crippen LogP contribution in [-0.2, 0) is 4.79 Å². The number of anilines is 1. The molecule has 5 heteroatoms. The lowest BCUT2D eigenvalue weighted by atomic mass is 9.73. The Balaban J connectivity index is 1.41. The monoisotopic (exact) mass is 408 g/mol. The predicted octanol–water partition coefficient (Wildman–Crippen LogP) is 6.21. The Morgan fingerprint density at radius 1 is 1.10 bits per heavy atom. The van der Waals surface area contributed by atoms with Gasteiger partial charge in [0, 0.05) is 28.1 Å². The van der Waals surface area contributed by atoms with E-state index in [2.05, 4.69) is 22.9 Å². The summed E-state index contributed by atoms with van der Waals surface area (Å²) in [5.74, 6) is 0.545. The normalized spacial score (nSPS) is 20.4. The van der Waals surface area contributed by atoms with Gasteiger partial charge in [0.25, 0.3) is 0 Å². The van der Waals surface area contributed by atoms with Crippen molar-refractivity contribution in [3.8, 4) is 0 Å². The fourth-order valence-electron chi connectivity index (χ4n) is 4.44. The van der Waals surface area contributed by atoms with Gasteiger partial charge in [-0.15, -0.1) is 12.6 Å². The summed E-state index contributed by atoms with van der Waals surface area (Å²) in [5.41, 5.74) is 2.82. The number of amides is 1. The van der Waals surface area contributed by atoms with Crippen LogP contribution in [0, 0.1) is 17.7 Å². The summed E-state index contributed by atoms with van der Waals surface area (Å²) in [7, 11) is 0. The van der Waals surface area contributed by atoms with Gasteiger partial charge in [0.05, 0.1) is 5.52 Å². The van der Waals surface area contributed by atoms with Crippen molar-refractivity contribution >= 4 is 35.1 Å². The molecule has 1 heterocycles. The molecule has 3 aromatic rings. The zero-order valence-electron chi connectivity index (χ0n) is 16.4. The molecule has 1 saturated carbocycles. The van der Waals surface area contributed by atoms with Gasteiger partial charge in [-0.05, 0) is 91.6 Å². The largest absolute Gasteiger partial charge is 0.326 e. The molecular weight excluding hydrogens is 383 g/mol. The second-order valence-corrected chi connectivity index (χ2v) is 8.51. The van der Waals surface area contributed by atoms with Crippen molar-refractivity contribution in [2.45, 2.75) is 43.4 Å². The highest BCUT2D eigenvalue weighted by Gasteiger charge is 2.30. The number of thiol groups is 1. The molecule has 1 aliphatic carbocycles. The van der Waals surface area contributed by atoms with E-state index in [-0.39, 0.29) is 17.6 Å². The molecule has 1 atom stereocenters. The van der Waals surface area contributed by atoms with Gasteiger partial charge in [-0.25, -0.2) is 4.39 Å². The van der Waals surface area contributed by atoms with Crippen LogP contribution in [0.1, 0.15) is 44.1 Å². The van der Waals surface area contributed by atoms with Crippen LogP contribution >= 0.6 is 12.6 Å². The number of hydrogen-bond acceptors (Lipinski definition) is 3. The van der Waals surface area contributed by atoms with Crippen molar-refractivity contribution < 1.29 is 9.18 Å². The minimum Gasteiger partial charge on any atom is -0.326 e. The Hall–Kier alpha value is -2.40. The van der Waals surface area contributed by atoms with Gasteiger partial charge in [-0.3, -0.25) is 9.78 Å². The number of rotatable bonds is 4. The molecule has 0 bridgehead atoms. The third kappa shape index (κ3) is 4.45. The van der Waals surface area contributed by atoms with E-state index in [1.165, 1.54) is 11.6 Å². The van der Waals surface area contributed by atoms with E-state index in [1.54, 1.807) is 12.1 Å². The number of nitrogens with one attached hydrogen (secondary N) is 1. The standard InChI is InChI=1S/C24H25FN2OS/c1-15(24(28)27-19-7-9-20(29)10-8-19)16-2-4-17(5-3-16)21-12-13-26-23-11-6-18(25)14-22(21)23/h6-17,29H,2-5H2,1H3,(H,27,28)/t15-,16-,17-/m1/s1. The molecule has 3 nitrogen and oxygen atoms in total. The number of hydrogen-bond donors (Lipinski definition) is 2. The highest BCUT2D eigenvalue weighted by molar-refractivity contribution is 7.80. The van der Waals surface area contributed by atoms with E-state index in [1.807, 2.05) is 43.5 Å². The van der Waals surface area contributed by atoms with Gasteiger partial charge in [-0.1, -0.05) is 6.92 Å². The summed E-state index contributed by atoms with van der Waals surface area (Å²) >= 11 is 4.28. The number of halogens is 1. The number of nitrogens with zero attached hydrogens (tertiary/aromatic N) is 1. The Labute approximate surface area is 176 Å². The van der Waals surface area contributed by atoms with Crippen LogP contribution in [0.4, 0.5) is 10.1 Å². The summed E-state index contributed by atoms with van der Waals surface area (Å²) in [4.78, 5) is 17.9. The fraction of sp³-hybridized carbons (Fsp3) is 0.333. The van der Waals surface area contributed by atoms with Gasteiger partial charge in [-0.2, -0.15) is 0 Å². The lowest BCUT2D eigenvalue weighted by Crippen LogP contribution is -2.29. The van der Waals surface area contributed by atoms with Crippen molar-refractivity contribution in [1.82, 2.24) is 4.98 Å². The van der Waals surface area contributed by atoms with Crippen molar-refractivity contribution in [1.29, 1.82) is 0 Å². The first-order valence-electron chi connectivity index (χ1n) is 10.2. The molecule has 0 aliphatic heterocycles. The molecule has 1 fully saturated rings. The van der Waals surface area contributed by atoms with E-state index in [0.29, 0.717) is 11.8 Å². The molecule has 0 unspecified atom stereocenters. The number of fused-ring (bicyclic) bond motifs is 1. The maximum atomic E-state index is 13.8. The molecule has 0 radical (unpaired) electrons. The number of benzene rings is 2. The topological polar surface area (TPSA) is 42.0 Å². The van der Waals surface area contributed by atoms with Crippen LogP contribution in [0.25, 0.3) is 10.9 Å². The lowest BCUT2D eigenvalue weighted by molar-refractivity contribution is -0.121. The Morgan fingerprint density at radius 2 is 1.83 bits per heavy atom. The van der Waals surface area contributed by atoms with Crippen LogP contribution in [-0.4, -0.2) is 10.9 Å². The summed E-state index contributed by atoms with van der Waals surface area (Å²) in [6.07, 6.45) is 5.81. The number of aromatic nitrogens is 1. The van der Waals surface area contributed by atoms with Gasteiger partial charge < -0.3 is 5.32 Å². The lowest BCUT2D eigenvalue weighted by Gasteiger charge is -2.32. The zero-order valence-corrected chi connectivity index (χ0v) is 17.3. The Kier molecular flexibility index (Phi) is 5.86. The summed E-state index contributed by atoms with van der Waals surface area (Å²) in [5, 5.41) is 3.93. The van der Waals surface area contributed by atoms with Crippen molar-refractivity contribution in [3.05, 3.63) is 66.1 Å². The van der Waals surface area contributed by atoms with E-state index in [9.17, 15) is 9.18 Å². The first-order chi connectivity index (χ1) is 14.0. The van der Waals surface area contributed by atoms with Gasteiger partial charge >= 0.3 is 0 Å². The minimum absolute atomic E-state index is 0.0433. The van der Waals surface area contributed by atoms with Crippen molar-refractivity contribution in [2.75, 3.05) is 5.32 Å². The van der Waals surface area contributed by atoms with Crippen LogP contribution in [0.3, 0.4) is 0 Å². The first-order valence-corrected chi connectivity index (χ1v) is 10.6. The van der Waals surface area contributed by atoms with Crippen molar-refractivity contribution in [3.63, 3.8) is 0 Å². The van der Waals surface area contributed by atoms with Crippen LogP contribution < -0.4 is 5.32 Å². The molecule has 29 heavy (non-hydrogen) atoms. The van der Waals surface area contributed by atoms with E-state index in [0.717, 1.165) is 47.2 Å². The summed E-state index contributed by atoms with van der Waals surface area (Å²) < 4.78 is 13.8. The van der Waals surface area contributed by atoms with E-state index in [4.69, 9.17) is 0 Å². The molecule has 1 N–H and O–H groups in total. The Morgan fingerprint density at radius 3 is 2.55 bits per heavy atom. The smallest absolute Gasteiger partial charge is 0.227 e. The van der Waals surface area contributed by atoms with E-state index < -0.39 is 0 Å².